The lowest BCUT2D eigenvalue weighted by molar-refractivity contribution is 0.370. The van der Waals surface area contributed by atoms with Crippen LogP contribution >= 0.6 is 24.0 Å². The fourth-order valence-electron chi connectivity index (χ4n) is 3.23. The van der Waals surface area contributed by atoms with Gasteiger partial charge in [-0.3, -0.25) is 4.68 Å². The van der Waals surface area contributed by atoms with Gasteiger partial charge in [-0.1, -0.05) is 44.2 Å². The number of likely N-dealkylation sites (tertiary alicyclic amines) is 1. The van der Waals surface area contributed by atoms with E-state index in [4.69, 9.17) is 4.99 Å². The van der Waals surface area contributed by atoms with Crippen molar-refractivity contribution in [1.29, 1.82) is 0 Å². The molecular weight excluding hydrogens is 437 g/mol. The summed E-state index contributed by atoms with van der Waals surface area (Å²) in [6.07, 6.45) is 5.23. The highest BCUT2D eigenvalue weighted by Crippen LogP contribution is 2.28. The number of hydrogen-bond donors (Lipinski definition) is 1. The summed E-state index contributed by atoms with van der Waals surface area (Å²) in [6, 6.07) is 10.4. The SMILES string of the molecule is CCNC(=NCc1cnn(Cc2ccccc2)c1)N1CCC(C)(C)C1.I. The van der Waals surface area contributed by atoms with E-state index in [1.54, 1.807) is 0 Å². The number of hydrogen-bond acceptors (Lipinski definition) is 2. The van der Waals surface area contributed by atoms with Gasteiger partial charge in [0.2, 0.25) is 0 Å². The van der Waals surface area contributed by atoms with Gasteiger partial charge >= 0.3 is 0 Å². The average Bonchev–Trinajstić information content (AvgIpc) is 3.18. The van der Waals surface area contributed by atoms with Gasteiger partial charge in [0, 0.05) is 31.4 Å². The van der Waals surface area contributed by atoms with Crippen LogP contribution in [0.4, 0.5) is 0 Å². The van der Waals surface area contributed by atoms with Gasteiger partial charge in [-0.25, -0.2) is 4.99 Å². The third kappa shape index (κ3) is 5.72. The molecule has 0 bridgehead atoms. The van der Waals surface area contributed by atoms with E-state index in [1.165, 1.54) is 12.0 Å². The van der Waals surface area contributed by atoms with Crippen LogP contribution in [0.5, 0.6) is 0 Å². The zero-order valence-corrected chi connectivity index (χ0v) is 18.3. The second-order valence-electron chi connectivity index (χ2n) is 7.54. The molecule has 1 aromatic heterocycles. The van der Waals surface area contributed by atoms with Crippen molar-refractivity contribution in [2.45, 2.75) is 40.3 Å². The molecule has 1 N–H and O–H groups in total. The fraction of sp³-hybridized carbons (Fsp3) is 0.500. The summed E-state index contributed by atoms with van der Waals surface area (Å²) >= 11 is 0. The number of rotatable bonds is 5. The smallest absolute Gasteiger partial charge is 0.194 e. The molecule has 6 heteroatoms. The molecule has 142 valence electrons. The zero-order chi connectivity index (χ0) is 17.7. The lowest BCUT2D eigenvalue weighted by Gasteiger charge is -2.23. The average molecular weight is 467 g/mol. The summed E-state index contributed by atoms with van der Waals surface area (Å²) in [5, 5.41) is 7.90. The number of benzene rings is 1. The quantitative estimate of drug-likeness (QED) is 0.414. The Morgan fingerprint density at radius 1 is 1.23 bits per heavy atom. The van der Waals surface area contributed by atoms with Crippen LogP contribution in [0.1, 0.15) is 38.3 Å². The van der Waals surface area contributed by atoms with E-state index in [9.17, 15) is 0 Å². The molecule has 0 atom stereocenters. The molecular formula is C20H30IN5. The maximum absolute atomic E-state index is 4.83. The molecule has 0 aliphatic carbocycles. The summed E-state index contributed by atoms with van der Waals surface area (Å²) in [5.74, 6) is 1.02. The van der Waals surface area contributed by atoms with Gasteiger partial charge in [0.1, 0.15) is 0 Å². The Morgan fingerprint density at radius 2 is 2.00 bits per heavy atom. The monoisotopic (exact) mass is 467 g/mol. The Labute approximate surface area is 173 Å². The van der Waals surface area contributed by atoms with E-state index in [-0.39, 0.29) is 24.0 Å². The minimum absolute atomic E-state index is 0. The molecule has 0 amide bonds. The first kappa shape index (κ1) is 20.7. The topological polar surface area (TPSA) is 45.5 Å². The van der Waals surface area contributed by atoms with E-state index < -0.39 is 0 Å². The van der Waals surface area contributed by atoms with E-state index >= 15 is 0 Å². The molecule has 5 nitrogen and oxygen atoms in total. The first-order chi connectivity index (χ1) is 12.1. The number of nitrogens with one attached hydrogen (secondary N) is 1. The largest absolute Gasteiger partial charge is 0.357 e. The normalized spacial score (nSPS) is 16.4. The maximum atomic E-state index is 4.83. The Balaban J connectivity index is 0.00000243. The van der Waals surface area contributed by atoms with Crippen molar-refractivity contribution in [3.8, 4) is 0 Å². The van der Waals surface area contributed by atoms with Crippen LogP contribution in [0.25, 0.3) is 0 Å². The molecule has 1 saturated heterocycles. The number of nitrogens with zero attached hydrogens (tertiary/aromatic N) is 4. The molecule has 1 aliphatic heterocycles. The highest BCUT2D eigenvalue weighted by atomic mass is 127. The van der Waals surface area contributed by atoms with Crippen molar-refractivity contribution in [3.63, 3.8) is 0 Å². The van der Waals surface area contributed by atoms with Gasteiger partial charge in [0.25, 0.3) is 0 Å². The molecule has 1 aliphatic rings. The van der Waals surface area contributed by atoms with E-state index in [0.29, 0.717) is 12.0 Å². The van der Waals surface area contributed by atoms with Crippen LogP contribution in [-0.4, -0.2) is 40.3 Å². The predicted octanol–water partition coefficient (Wildman–Crippen LogP) is 3.75. The molecule has 26 heavy (non-hydrogen) atoms. The zero-order valence-electron chi connectivity index (χ0n) is 16.0. The first-order valence-corrected chi connectivity index (χ1v) is 9.14. The summed E-state index contributed by atoms with van der Waals surface area (Å²) in [5.41, 5.74) is 2.77. The fourth-order valence-corrected chi connectivity index (χ4v) is 3.23. The lowest BCUT2D eigenvalue weighted by atomic mass is 9.93. The van der Waals surface area contributed by atoms with Crippen LogP contribution in [0.15, 0.2) is 47.7 Å². The van der Waals surface area contributed by atoms with Crippen LogP contribution in [-0.2, 0) is 13.1 Å². The van der Waals surface area contributed by atoms with Crippen LogP contribution < -0.4 is 5.32 Å². The molecule has 0 saturated carbocycles. The molecule has 0 unspecified atom stereocenters. The van der Waals surface area contributed by atoms with Gasteiger partial charge in [-0.2, -0.15) is 5.10 Å². The predicted molar refractivity (Wildman–Crippen MR) is 118 cm³/mol. The third-order valence-electron chi connectivity index (χ3n) is 4.60. The molecule has 0 spiro atoms. The highest BCUT2D eigenvalue weighted by Gasteiger charge is 2.30. The van der Waals surface area contributed by atoms with Crippen LogP contribution in [0, 0.1) is 5.41 Å². The van der Waals surface area contributed by atoms with Crippen LogP contribution in [0.3, 0.4) is 0 Å². The molecule has 1 aromatic carbocycles. The van der Waals surface area contributed by atoms with E-state index in [0.717, 1.165) is 37.7 Å². The second kappa shape index (κ2) is 9.39. The van der Waals surface area contributed by atoms with Gasteiger partial charge in [-0.15, -0.1) is 24.0 Å². The van der Waals surface area contributed by atoms with Gasteiger partial charge in [0.05, 0.1) is 19.3 Å². The standard InChI is InChI=1S/C20H29N5.HI/c1-4-21-19(24-11-10-20(2,3)16-24)22-12-18-13-23-25(15-18)14-17-8-6-5-7-9-17;/h5-9,13,15H,4,10-12,14,16H2,1-3H3,(H,21,22);1H. The van der Waals surface area contributed by atoms with Gasteiger partial charge in [-0.05, 0) is 24.3 Å². The Hall–Kier alpha value is -1.57. The number of halogens is 1. The summed E-state index contributed by atoms with van der Waals surface area (Å²) in [4.78, 5) is 7.20. The third-order valence-corrected chi connectivity index (χ3v) is 4.60. The van der Waals surface area contributed by atoms with Crippen LogP contribution in [0.2, 0.25) is 0 Å². The Kier molecular flexibility index (Phi) is 7.49. The number of guanidine groups is 1. The molecule has 1 fully saturated rings. The van der Waals surface area contributed by atoms with E-state index in [1.807, 2.05) is 16.9 Å². The molecule has 0 radical (unpaired) electrons. The minimum Gasteiger partial charge on any atom is -0.357 e. The maximum Gasteiger partial charge on any atom is 0.194 e. The van der Waals surface area contributed by atoms with Crippen molar-refractivity contribution in [1.82, 2.24) is 20.0 Å². The summed E-state index contributed by atoms with van der Waals surface area (Å²) < 4.78 is 1.98. The van der Waals surface area contributed by atoms with Crippen molar-refractivity contribution in [2.75, 3.05) is 19.6 Å². The molecule has 3 rings (SSSR count). The van der Waals surface area contributed by atoms with Gasteiger partial charge < -0.3 is 10.2 Å². The van der Waals surface area contributed by atoms with Gasteiger partial charge in [0.15, 0.2) is 5.96 Å². The van der Waals surface area contributed by atoms with Crippen molar-refractivity contribution in [2.24, 2.45) is 10.4 Å². The Morgan fingerprint density at radius 3 is 2.65 bits per heavy atom. The Bertz CT molecular complexity index is 708. The lowest BCUT2D eigenvalue weighted by Crippen LogP contribution is -2.40. The second-order valence-corrected chi connectivity index (χ2v) is 7.54. The van der Waals surface area contributed by atoms with E-state index in [2.05, 4.69) is 66.5 Å². The van der Waals surface area contributed by atoms with Crippen molar-refractivity contribution < 1.29 is 0 Å². The van der Waals surface area contributed by atoms with Crippen molar-refractivity contribution >= 4 is 29.9 Å². The van der Waals surface area contributed by atoms with Crippen molar-refractivity contribution in [3.05, 3.63) is 53.9 Å². The first-order valence-electron chi connectivity index (χ1n) is 9.14. The summed E-state index contributed by atoms with van der Waals surface area (Å²) in [6.45, 7) is 11.3. The molecule has 2 aromatic rings. The summed E-state index contributed by atoms with van der Waals surface area (Å²) in [7, 11) is 0. The molecule has 2 heterocycles. The number of aromatic nitrogens is 2. The highest BCUT2D eigenvalue weighted by molar-refractivity contribution is 14.0. The number of aliphatic imine (C=N–C) groups is 1. The minimum atomic E-state index is 0.